The number of hydrogen-bond acceptors (Lipinski definition) is 9. The van der Waals surface area contributed by atoms with Crippen LogP contribution in [0.4, 0.5) is 11.6 Å². The highest BCUT2D eigenvalue weighted by molar-refractivity contribution is 6.05. The molecular weight excluding hydrogens is 582 g/mol. The number of benzene rings is 1. The van der Waals surface area contributed by atoms with Crippen molar-refractivity contribution in [2.75, 3.05) is 44.4 Å². The Morgan fingerprint density at radius 2 is 1.91 bits per heavy atom. The summed E-state index contributed by atoms with van der Waals surface area (Å²) in [5, 5.41) is 18.5. The lowest BCUT2D eigenvalue weighted by Gasteiger charge is -2.43. The third-order valence-corrected chi connectivity index (χ3v) is 8.93. The maximum Gasteiger partial charge on any atom is 0.264 e. The van der Waals surface area contributed by atoms with Gasteiger partial charge in [-0.1, -0.05) is 18.2 Å². The number of aromatic nitrogens is 4. The number of rotatable bonds is 8. The fourth-order valence-corrected chi connectivity index (χ4v) is 6.02. The van der Waals surface area contributed by atoms with Gasteiger partial charge in [0.1, 0.15) is 29.0 Å². The maximum atomic E-state index is 13.7. The SMILES string of the molecule is CN(C1COC1)C(C)(C)C=C(C#N)C(=O)N1CCCC(n2nc(-c3ccc(C(=O)Nc4ccccn4)cc3)c3c(N)nccc32)C1. The second-order valence-corrected chi connectivity index (χ2v) is 12.3. The van der Waals surface area contributed by atoms with Gasteiger partial charge < -0.3 is 20.7 Å². The molecule has 2 amide bonds. The Balaban J connectivity index is 1.25. The summed E-state index contributed by atoms with van der Waals surface area (Å²) in [5.41, 5.74) is 8.72. The number of likely N-dealkylation sites (tertiary alicyclic amines) is 1. The van der Waals surface area contributed by atoms with E-state index in [4.69, 9.17) is 15.6 Å². The second-order valence-electron chi connectivity index (χ2n) is 12.3. The van der Waals surface area contributed by atoms with Gasteiger partial charge in [-0.2, -0.15) is 10.4 Å². The highest BCUT2D eigenvalue weighted by Crippen LogP contribution is 2.35. The molecule has 0 aliphatic carbocycles. The van der Waals surface area contributed by atoms with Crippen LogP contribution in [0, 0.1) is 11.3 Å². The number of nitrogens with one attached hydrogen (secondary N) is 1. The van der Waals surface area contributed by atoms with Gasteiger partial charge in [0, 0.05) is 42.1 Å². The predicted octanol–water partition coefficient (Wildman–Crippen LogP) is 4.05. The van der Waals surface area contributed by atoms with Crippen molar-refractivity contribution in [1.29, 1.82) is 5.26 Å². The molecule has 236 valence electrons. The summed E-state index contributed by atoms with van der Waals surface area (Å²) in [4.78, 5) is 38.9. The number of fused-ring (bicyclic) bond motifs is 1. The van der Waals surface area contributed by atoms with Gasteiger partial charge in [0.15, 0.2) is 0 Å². The Morgan fingerprint density at radius 3 is 2.59 bits per heavy atom. The van der Waals surface area contributed by atoms with Gasteiger partial charge in [-0.15, -0.1) is 0 Å². The maximum absolute atomic E-state index is 13.7. The van der Waals surface area contributed by atoms with Crippen LogP contribution in [0.3, 0.4) is 0 Å². The molecule has 1 aromatic carbocycles. The molecular formula is C34H37N9O3. The number of nitrogens with two attached hydrogens (primary N) is 1. The molecule has 12 nitrogen and oxygen atoms in total. The summed E-state index contributed by atoms with van der Waals surface area (Å²) in [6, 6.07) is 16.6. The molecule has 0 radical (unpaired) electrons. The van der Waals surface area contributed by atoms with E-state index in [9.17, 15) is 14.9 Å². The van der Waals surface area contributed by atoms with Crippen molar-refractivity contribution in [2.24, 2.45) is 0 Å². The van der Waals surface area contributed by atoms with Crippen molar-refractivity contribution in [3.05, 3.63) is 78.1 Å². The molecule has 1 atom stereocenters. The highest BCUT2D eigenvalue weighted by atomic mass is 16.5. The number of ether oxygens (including phenoxy) is 1. The third kappa shape index (κ3) is 6.07. The molecule has 2 aliphatic heterocycles. The van der Waals surface area contributed by atoms with Crippen molar-refractivity contribution >= 4 is 34.4 Å². The average molecular weight is 620 g/mol. The van der Waals surface area contributed by atoms with Crippen LogP contribution in [0.2, 0.25) is 0 Å². The number of carbonyl (C=O) groups excluding carboxylic acids is 2. The summed E-state index contributed by atoms with van der Waals surface area (Å²) in [7, 11) is 1.99. The standard InChI is InChI=1S/C34H37N9O3/c1-34(2,41(3)26-20-46-21-26)17-24(18-35)33(45)42-16-6-7-25(19-42)43-27-13-15-38-31(36)29(27)30(40-43)22-9-11-23(12-10-22)32(44)39-28-8-4-5-14-37-28/h4-5,8-15,17,25-26H,6-7,16,19-21H2,1-3H3,(H2,36,38)(H,37,39,44). The molecule has 5 heterocycles. The Kier molecular flexibility index (Phi) is 8.53. The zero-order valence-electron chi connectivity index (χ0n) is 26.2. The zero-order valence-corrected chi connectivity index (χ0v) is 26.2. The number of amides is 2. The molecule has 6 rings (SSSR count). The van der Waals surface area contributed by atoms with E-state index in [0.29, 0.717) is 54.6 Å². The van der Waals surface area contributed by atoms with Crippen LogP contribution >= 0.6 is 0 Å². The quantitative estimate of drug-likeness (QED) is 0.219. The number of hydrogen-bond donors (Lipinski definition) is 2. The molecule has 0 saturated carbocycles. The first-order chi connectivity index (χ1) is 22.2. The zero-order chi connectivity index (χ0) is 32.4. The van der Waals surface area contributed by atoms with E-state index < -0.39 is 5.54 Å². The van der Waals surface area contributed by atoms with Crippen molar-refractivity contribution in [3.8, 4) is 17.3 Å². The van der Waals surface area contributed by atoms with Gasteiger partial charge >= 0.3 is 0 Å². The van der Waals surface area contributed by atoms with Crippen molar-refractivity contribution in [1.82, 2.24) is 29.5 Å². The smallest absolute Gasteiger partial charge is 0.264 e. The highest BCUT2D eigenvalue weighted by Gasteiger charge is 2.35. The van der Waals surface area contributed by atoms with Crippen molar-refractivity contribution < 1.29 is 14.3 Å². The summed E-state index contributed by atoms with van der Waals surface area (Å²) < 4.78 is 7.27. The van der Waals surface area contributed by atoms with Gasteiger partial charge in [-0.3, -0.25) is 19.2 Å². The number of carbonyl (C=O) groups is 2. The topological polar surface area (TPSA) is 155 Å². The van der Waals surface area contributed by atoms with Crippen LogP contribution in [-0.2, 0) is 9.53 Å². The average Bonchev–Trinajstić information content (AvgIpc) is 3.44. The molecule has 4 aromatic rings. The van der Waals surface area contributed by atoms with E-state index in [1.54, 1.807) is 53.7 Å². The van der Waals surface area contributed by atoms with Gasteiger partial charge in [0.25, 0.3) is 11.8 Å². The lowest BCUT2D eigenvalue weighted by atomic mass is 9.96. The first-order valence-corrected chi connectivity index (χ1v) is 15.3. The molecule has 46 heavy (non-hydrogen) atoms. The number of pyridine rings is 2. The molecule has 2 saturated heterocycles. The summed E-state index contributed by atoms with van der Waals surface area (Å²) >= 11 is 0. The van der Waals surface area contributed by atoms with Crippen LogP contribution in [0.15, 0.2) is 72.6 Å². The fourth-order valence-electron chi connectivity index (χ4n) is 6.02. The Labute approximate surface area is 267 Å². The Hall–Kier alpha value is -5.12. The van der Waals surface area contributed by atoms with Crippen LogP contribution in [0.25, 0.3) is 22.2 Å². The third-order valence-electron chi connectivity index (χ3n) is 8.93. The molecule has 3 N–H and O–H groups in total. The molecule has 0 bridgehead atoms. The van der Waals surface area contributed by atoms with Crippen molar-refractivity contribution in [2.45, 2.75) is 44.3 Å². The molecule has 12 heteroatoms. The lowest BCUT2D eigenvalue weighted by molar-refractivity contribution is -0.128. The van der Waals surface area contributed by atoms with E-state index >= 15 is 0 Å². The number of nitrogen functional groups attached to an aromatic ring is 1. The largest absolute Gasteiger partial charge is 0.383 e. The number of piperidine rings is 1. The van der Waals surface area contributed by atoms with Crippen LogP contribution < -0.4 is 11.1 Å². The van der Waals surface area contributed by atoms with E-state index in [1.165, 1.54) is 0 Å². The summed E-state index contributed by atoms with van der Waals surface area (Å²) in [6.45, 7) is 6.24. The second kappa shape index (κ2) is 12.7. The minimum atomic E-state index is -0.503. The predicted molar refractivity (Wildman–Crippen MR) is 175 cm³/mol. The van der Waals surface area contributed by atoms with Crippen LogP contribution in [0.5, 0.6) is 0 Å². The lowest BCUT2D eigenvalue weighted by Crippen LogP contribution is -2.55. The fraction of sp³-hybridized carbons (Fsp3) is 0.353. The van der Waals surface area contributed by atoms with Crippen LogP contribution in [0.1, 0.15) is 43.1 Å². The normalized spacial score (nSPS) is 17.5. The molecule has 0 spiro atoms. The van der Waals surface area contributed by atoms with Gasteiger partial charge in [-0.05, 0) is 70.1 Å². The van der Waals surface area contributed by atoms with Crippen molar-refractivity contribution in [3.63, 3.8) is 0 Å². The Morgan fingerprint density at radius 1 is 1.13 bits per heavy atom. The molecule has 1 unspecified atom stereocenters. The Bertz CT molecular complexity index is 1820. The number of nitriles is 1. The van der Waals surface area contributed by atoms with Crippen LogP contribution in [-0.4, -0.2) is 86.3 Å². The number of anilines is 2. The minimum absolute atomic E-state index is 0.129. The number of nitrogens with zero attached hydrogens (tertiary/aromatic N) is 7. The van der Waals surface area contributed by atoms with E-state index in [-0.39, 0.29) is 29.5 Å². The first-order valence-electron chi connectivity index (χ1n) is 15.3. The van der Waals surface area contributed by atoms with E-state index in [2.05, 4.69) is 26.3 Å². The van der Waals surface area contributed by atoms with Gasteiger partial charge in [0.2, 0.25) is 0 Å². The van der Waals surface area contributed by atoms with E-state index in [1.807, 2.05) is 43.8 Å². The van der Waals surface area contributed by atoms with Gasteiger partial charge in [0.05, 0.1) is 36.2 Å². The molecule has 2 aliphatic rings. The monoisotopic (exact) mass is 619 g/mol. The first kappa shape index (κ1) is 30.9. The molecule has 3 aromatic heterocycles. The molecule has 2 fully saturated rings. The van der Waals surface area contributed by atoms with Gasteiger partial charge in [-0.25, -0.2) is 9.97 Å². The van der Waals surface area contributed by atoms with E-state index in [0.717, 1.165) is 23.9 Å². The minimum Gasteiger partial charge on any atom is -0.383 e. The number of likely N-dealkylation sites (N-methyl/N-ethyl adjacent to an activating group) is 1. The summed E-state index contributed by atoms with van der Waals surface area (Å²) in [6.07, 6.45) is 6.60. The summed E-state index contributed by atoms with van der Waals surface area (Å²) in [5.74, 6) is 0.261.